The molecule has 2 rings (SSSR count). The maximum Gasteiger partial charge on any atom is -0.00641 e. The third kappa shape index (κ3) is 2.09. The van der Waals surface area contributed by atoms with Crippen LogP contribution in [-0.2, 0) is 0 Å². The fraction of sp³-hybridized carbons (Fsp3) is 0.882. The molecule has 0 saturated heterocycles. The smallest absolute Gasteiger partial charge is 0.00641 e. The van der Waals surface area contributed by atoms with Gasteiger partial charge in [0.05, 0.1) is 0 Å². The normalized spacial score (nSPS) is 46.6. The zero-order chi connectivity index (χ0) is 12.6. The summed E-state index contributed by atoms with van der Waals surface area (Å²) in [5.41, 5.74) is 0.472. The van der Waals surface area contributed by atoms with E-state index in [-0.39, 0.29) is 0 Å². The molecule has 0 nitrogen and oxygen atoms in total. The van der Waals surface area contributed by atoms with Crippen molar-refractivity contribution in [3.63, 3.8) is 0 Å². The Morgan fingerprint density at radius 2 is 1.88 bits per heavy atom. The number of hydrogen-bond acceptors (Lipinski definition) is 0. The van der Waals surface area contributed by atoms with E-state index < -0.39 is 0 Å². The van der Waals surface area contributed by atoms with Crippen LogP contribution in [0.3, 0.4) is 0 Å². The zero-order valence-electron chi connectivity index (χ0n) is 12.2. The van der Waals surface area contributed by atoms with Gasteiger partial charge in [0.1, 0.15) is 0 Å². The minimum atomic E-state index is 0.472. The highest BCUT2D eigenvalue weighted by Gasteiger charge is 2.50. The Hall–Kier alpha value is -0.260. The van der Waals surface area contributed by atoms with Crippen LogP contribution in [0.1, 0.15) is 59.8 Å². The summed E-state index contributed by atoms with van der Waals surface area (Å²) in [6.45, 7) is 14.0. The minimum Gasteiger partial charge on any atom is -0.103 e. The van der Waals surface area contributed by atoms with Crippen LogP contribution in [0.4, 0.5) is 0 Å². The predicted octanol–water partition coefficient (Wildman–Crippen LogP) is 5.30. The van der Waals surface area contributed by atoms with E-state index in [1.807, 2.05) is 0 Å². The molecule has 0 aliphatic heterocycles. The maximum atomic E-state index is 4.23. The lowest BCUT2D eigenvalue weighted by molar-refractivity contribution is -0.0370. The van der Waals surface area contributed by atoms with Crippen LogP contribution in [0, 0.1) is 35.0 Å². The molecule has 2 saturated carbocycles. The van der Waals surface area contributed by atoms with Gasteiger partial charge in [-0.15, -0.1) is 6.58 Å². The Kier molecular flexibility index (Phi) is 3.71. The SMILES string of the molecule is C=C[C@@]12CC[C@H](C)C[C@@H]1[C@H](C(C)C)CC[C@@H]2C. The number of rotatable bonds is 2. The van der Waals surface area contributed by atoms with E-state index in [1.54, 1.807) is 0 Å². The molecule has 0 amide bonds. The van der Waals surface area contributed by atoms with E-state index in [1.165, 1.54) is 32.1 Å². The summed E-state index contributed by atoms with van der Waals surface area (Å²) in [5.74, 6) is 4.48. The van der Waals surface area contributed by atoms with Crippen molar-refractivity contribution in [1.82, 2.24) is 0 Å². The van der Waals surface area contributed by atoms with Crippen LogP contribution < -0.4 is 0 Å². The number of fused-ring (bicyclic) bond motifs is 1. The molecule has 17 heavy (non-hydrogen) atoms. The van der Waals surface area contributed by atoms with Crippen molar-refractivity contribution in [2.24, 2.45) is 35.0 Å². The zero-order valence-corrected chi connectivity index (χ0v) is 12.2. The van der Waals surface area contributed by atoms with E-state index in [2.05, 4.69) is 40.3 Å². The Morgan fingerprint density at radius 1 is 1.18 bits per heavy atom. The van der Waals surface area contributed by atoms with Crippen molar-refractivity contribution in [2.75, 3.05) is 0 Å². The topological polar surface area (TPSA) is 0 Å². The summed E-state index contributed by atoms with van der Waals surface area (Å²) in [6, 6.07) is 0. The van der Waals surface area contributed by atoms with Gasteiger partial charge in [0.25, 0.3) is 0 Å². The first-order chi connectivity index (χ1) is 8.01. The van der Waals surface area contributed by atoms with E-state index in [0.717, 1.165) is 29.6 Å². The van der Waals surface area contributed by atoms with Crippen LogP contribution in [0.2, 0.25) is 0 Å². The fourth-order valence-electron chi connectivity index (χ4n) is 4.80. The molecule has 0 unspecified atom stereocenters. The quantitative estimate of drug-likeness (QED) is 0.569. The minimum absolute atomic E-state index is 0.472. The Morgan fingerprint density at radius 3 is 2.47 bits per heavy atom. The van der Waals surface area contributed by atoms with Gasteiger partial charge in [-0.2, -0.15) is 0 Å². The lowest BCUT2D eigenvalue weighted by atomic mass is 9.49. The van der Waals surface area contributed by atoms with Gasteiger partial charge in [-0.25, -0.2) is 0 Å². The molecule has 2 aliphatic rings. The molecule has 0 aromatic carbocycles. The molecule has 0 aromatic heterocycles. The molecular weight excluding hydrogens is 204 g/mol. The standard InChI is InChI=1S/C17H30/c1-6-17-10-9-13(4)11-16(17)15(12(2)3)8-7-14(17)5/h6,12-16H,1,7-11H2,2-5H3/t13-,14-,15-,16+,17-/m0/s1. The third-order valence-corrected chi connectivity index (χ3v) is 6.02. The van der Waals surface area contributed by atoms with Gasteiger partial charge in [-0.05, 0) is 67.1 Å². The molecular formula is C17H30. The number of allylic oxidation sites excluding steroid dienone is 1. The maximum absolute atomic E-state index is 4.23. The molecule has 98 valence electrons. The van der Waals surface area contributed by atoms with Crippen molar-refractivity contribution >= 4 is 0 Å². The van der Waals surface area contributed by atoms with Crippen molar-refractivity contribution in [3.8, 4) is 0 Å². The van der Waals surface area contributed by atoms with Gasteiger partial charge in [0.15, 0.2) is 0 Å². The molecule has 5 atom stereocenters. The first kappa shape index (κ1) is 13.2. The molecule has 0 aromatic rings. The Labute approximate surface area is 108 Å². The van der Waals surface area contributed by atoms with Crippen LogP contribution >= 0.6 is 0 Å². The first-order valence-electron chi connectivity index (χ1n) is 7.65. The summed E-state index contributed by atoms with van der Waals surface area (Å²) in [4.78, 5) is 0. The molecule has 0 bridgehead atoms. The van der Waals surface area contributed by atoms with E-state index in [9.17, 15) is 0 Å². The molecule has 0 N–H and O–H groups in total. The number of hydrogen-bond donors (Lipinski definition) is 0. The van der Waals surface area contributed by atoms with Crippen LogP contribution in [0.15, 0.2) is 12.7 Å². The van der Waals surface area contributed by atoms with Crippen LogP contribution in [-0.4, -0.2) is 0 Å². The second kappa shape index (κ2) is 4.78. The van der Waals surface area contributed by atoms with Gasteiger partial charge < -0.3 is 0 Å². The fourth-order valence-corrected chi connectivity index (χ4v) is 4.80. The van der Waals surface area contributed by atoms with Crippen LogP contribution in [0.5, 0.6) is 0 Å². The van der Waals surface area contributed by atoms with Crippen LogP contribution in [0.25, 0.3) is 0 Å². The Bertz CT molecular complexity index is 278. The third-order valence-electron chi connectivity index (χ3n) is 6.02. The predicted molar refractivity (Wildman–Crippen MR) is 75.9 cm³/mol. The van der Waals surface area contributed by atoms with Gasteiger partial charge in [0, 0.05) is 0 Å². The van der Waals surface area contributed by atoms with Crippen molar-refractivity contribution in [1.29, 1.82) is 0 Å². The summed E-state index contributed by atoms with van der Waals surface area (Å²) in [7, 11) is 0. The summed E-state index contributed by atoms with van der Waals surface area (Å²) >= 11 is 0. The molecule has 0 heterocycles. The first-order valence-corrected chi connectivity index (χ1v) is 7.65. The monoisotopic (exact) mass is 234 g/mol. The summed E-state index contributed by atoms with van der Waals surface area (Å²) in [6.07, 6.45) is 9.47. The van der Waals surface area contributed by atoms with Gasteiger partial charge in [-0.3, -0.25) is 0 Å². The van der Waals surface area contributed by atoms with E-state index >= 15 is 0 Å². The highest BCUT2D eigenvalue weighted by atomic mass is 14.5. The molecule has 0 radical (unpaired) electrons. The van der Waals surface area contributed by atoms with Crippen molar-refractivity contribution < 1.29 is 0 Å². The Balaban J connectivity index is 2.31. The van der Waals surface area contributed by atoms with Crippen molar-refractivity contribution in [2.45, 2.75) is 59.8 Å². The lowest BCUT2D eigenvalue weighted by Crippen LogP contribution is -2.48. The average Bonchev–Trinajstić information content (AvgIpc) is 2.29. The van der Waals surface area contributed by atoms with Gasteiger partial charge in [-0.1, -0.05) is 33.8 Å². The van der Waals surface area contributed by atoms with Gasteiger partial charge >= 0.3 is 0 Å². The molecule has 0 spiro atoms. The summed E-state index contributed by atoms with van der Waals surface area (Å²) < 4.78 is 0. The van der Waals surface area contributed by atoms with Crippen molar-refractivity contribution in [3.05, 3.63) is 12.7 Å². The average molecular weight is 234 g/mol. The molecule has 2 fully saturated rings. The second-order valence-electron chi connectivity index (χ2n) is 7.19. The van der Waals surface area contributed by atoms with Gasteiger partial charge in [0.2, 0.25) is 0 Å². The van der Waals surface area contributed by atoms with E-state index in [0.29, 0.717) is 5.41 Å². The summed E-state index contributed by atoms with van der Waals surface area (Å²) in [5, 5.41) is 0. The molecule has 2 aliphatic carbocycles. The molecule has 0 heteroatoms. The highest BCUT2D eigenvalue weighted by Crippen LogP contribution is 2.58. The largest absolute Gasteiger partial charge is 0.103 e. The highest BCUT2D eigenvalue weighted by molar-refractivity contribution is 5.09. The van der Waals surface area contributed by atoms with E-state index in [4.69, 9.17) is 0 Å². The second-order valence-corrected chi connectivity index (χ2v) is 7.19. The lowest BCUT2D eigenvalue weighted by Gasteiger charge is -2.56.